The molecule has 1 rings (SSSR count). The molecule has 0 amide bonds. The van der Waals surface area contributed by atoms with Crippen LogP contribution in [0.5, 0.6) is 0 Å². The first kappa shape index (κ1) is 8.34. The zero-order valence-corrected chi connectivity index (χ0v) is 7.21. The van der Waals surface area contributed by atoms with Crippen LogP contribution in [-0.2, 0) is 4.18 Å². The van der Waals surface area contributed by atoms with E-state index in [1.165, 1.54) is 12.0 Å². The standard InChI is InChI=1S/C7H13FOS/c1-7(8)3-6(4-7)5-9-10-2/h6H,3-5H2,1-2H3. The van der Waals surface area contributed by atoms with Gasteiger partial charge in [-0.3, -0.25) is 0 Å². The normalized spacial score (nSPS) is 39.3. The van der Waals surface area contributed by atoms with Gasteiger partial charge in [-0.15, -0.1) is 0 Å². The molecule has 1 aliphatic rings. The molecule has 3 heteroatoms. The molecule has 0 bridgehead atoms. The highest BCUT2D eigenvalue weighted by molar-refractivity contribution is 7.93. The third-order valence-electron chi connectivity index (χ3n) is 1.85. The molecule has 0 aromatic heterocycles. The first-order chi connectivity index (χ1) is 4.64. The summed E-state index contributed by atoms with van der Waals surface area (Å²) in [6, 6.07) is 0. The van der Waals surface area contributed by atoms with E-state index in [4.69, 9.17) is 4.18 Å². The van der Waals surface area contributed by atoms with E-state index in [0.717, 1.165) is 0 Å². The van der Waals surface area contributed by atoms with Crippen LogP contribution in [0.15, 0.2) is 0 Å². The summed E-state index contributed by atoms with van der Waals surface area (Å²) in [6.07, 6.45) is 3.23. The fourth-order valence-electron chi connectivity index (χ4n) is 1.43. The molecule has 1 aliphatic carbocycles. The van der Waals surface area contributed by atoms with Gasteiger partial charge in [-0.05, 0) is 37.7 Å². The molecule has 60 valence electrons. The van der Waals surface area contributed by atoms with Gasteiger partial charge in [0.2, 0.25) is 0 Å². The quantitative estimate of drug-likeness (QED) is 0.592. The maximum Gasteiger partial charge on any atom is 0.109 e. The summed E-state index contributed by atoms with van der Waals surface area (Å²) in [5.41, 5.74) is -0.896. The van der Waals surface area contributed by atoms with Gasteiger partial charge in [-0.25, -0.2) is 4.39 Å². The van der Waals surface area contributed by atoms with Crippen molar-refractivity contribution in [1.82, 2.24) is 0 Å². The van der Waals surface area contributed by atoms with Crippen LogP contribution in [0.4, 0.5) is 4.39 Å². The van der Waals surface area contributed by atoms with Gasteiger partial charge in [0.15, 0.2) is 0 Å². The van der Waals surface area contributed by atoms with Crippen molar-refractivity contribution in [3.05, 3.63) is 0 Å². The fraction of sp³-hybridized carbons (Fsp3) is 1.00. The molecule has 1 nitrogen and oxygen atoms in total. The Hall–Kier alpha value is 0.240. The minimum atomic E-state index is -0.896. The Labute approximate surface area is 65.5 Å². The lowest BCUT2D eigenvalue weighted by Gasteiger charge is -2.38. The molecule has 10 heavy (non-hydrogen) atoms. The minimum Gasteiger partial charge on any atom is -0.315 e. The van der Waals surface area contributed by atoms with E-state index >= 15 is 0 Å². The van der Waals surface area contributed by atoms with Gasteiger partial charge in [0.1, 0.15) is 5.67 Å². The summed E-state index contributed by atoms with van der Waals surface area (Å²) >= 11 is 1.36. The van der Waals surface area contributed by atoms with E-state index in [1.54, 1.807) is 6.92 Å². The van der Waals surface area contributed by atoms with E-state index < -0.39 is 5.67 Å². The van der Waals surface area contributed by atoms with Crippen molar-refractivity contribution in [2.75, 3.05) is 12.9 Å². The maximum atomic E-state index is 12.8. The van der Waals surface area contributed by atoms with Gasteiger partial charge in [0.05, 0.1) is 6.61 Å². The Kier molecular flexibility index (Phi) is 2.58. The van der Waals surface area contributed by atoms with Crippen molar-refractivity contribution in [2.24, 2.45) is 5.92 Å². The van der Waals surface area contributed by atoms with Crippen molar-refractivity contribution in [1.29, 1.82) is 0 Å². The van der Waals surface area contributed by atoms with Crippen LogP contribution < -0.4 is 0 Å². The molecule has 1 fully saturated rings. The number of halogens is 1. The van der Waals surface area contributed by atoms with Gasteiger partial charge in [-0.1, -0.05) is 0 Å². The van der Waals surface area contributed by atoms with Crippen molar-refractivity contribution in [2.45, 2.75) is 25.4 Å². The van der Waals surface area contributed by atoms with Crippen LogP contribution in [0, 0.1) is 5.92 Å². The summed E-state index contributed by atoms with van der Waals surface area (Å²) < 4.78 is 17.9. The van der Waals surface area contributed by atoms with Crippen LogP contribution in [0.2, 0.25) is 0 Å². The van der Waals surface area contributed by atoms with Crippen LogP contribution in [0.3, 0.4) is 0 Å². The number of alkyl halides is 1. The number of hydrogen-bond acceptors (Lipinski definition) is 2. The molecule has 0 unspecified atom stereocenters. The fourth-order valence-corrected chi connectivity index (χ4v) is 1.75. The smallest absolute Gasteiger partial charge is 0.109 e. The van der Waals surface area contributed by atoms with Gasteiger partial charge in [-0.2, -0.15) is 0 Å². The van der Waals surface area contributed by atoms with E-state index in [1.807, 2.05) is 6.26 Å². The lowest BCUT2D eigenvalue weighted by molar-refractivity contribution is 0.00608. The Balaban J connectivity index is 2.03. The molecule has 0 heterocycles. The van der Waals surface area contributed by atoms with Crippen molar-refractivity contribution >= 4 is 12.0 Å². The van der Waals surface area contributed by atoms with E-state index in [0.29, 0.717) is 25.4 Å². The molecule has 0 aromatic carbocycles. The first-order valence-corrected chi connectivity index (χ1v) is 4.63. The zero-order chi connectivity index (χ0) is 7.61. The lowest BCUT2D eigenvalue weighted by atomic mass is 9.74. The average molecular weight is 164 g/mol. The molecule has 0 atom stereocenters. The predicted molar refractivity (Wildman–Crippen MR) is 41.7 cm³/mol. The SMILES string of the molecule is CSOCC1CC(C)(F)C1. The first-order valence-electron chi connectivity index (χ1n) is 3.48. The monoisotopic (exact) mass is 164 g/mol. The van der Waals surface area contributed by atoms with E-state index in [9.17, 15) is 4.39 Å². The minimum absolute atomic E-state index is 0.461. The van der Waals surface area contributed by atoms with E-state index in [-0.39, 0.29) is 0 Å². The molecule has 0 aromatic rings. The molecular formula is C7H13FOS. The van der Waals surface area contributed by atoms with Gasteiger partial charge in [0.25, 0.3) is 0 Å². The van der Waals surface area contributed by atoms with Crippen molar-refractivity contribution in [3.8, 4) is 0 Å². The van der Waals surface area contributed by atoms with Gasteiger partial charge in [0, 0.05) is 6.26 Å². The van der Waals surface area contributed by atoms with Gasteiger partial charge < -0.3 is 4.18 Å². The molecule has 0 N–H and O–H groups in total. The zero-order valence-electron chi connectivity index (χ0n) is 6.39. The summed E-state index contributed by atoms with van der Waals surface area (Å²) in [4.78, 5) is 0. The third kappa shape index (κ3) is 2.13. The van der Waals surface area contributed by atoms with Crippen LogP contribution in [0.1, 0.15) is 19.8 Å². The Morgan fingerprint density at radius 1 is 1.70 bits per heavy atom. The topological polar surface area (TPSA) is 9.23 Å². The largest absolute Gasteiger partial charge is 0.315 e. The highest BCUT2D eigenvalue weighted by atomic mass is 32.2. The molecule has 1 saturated carbocycles. The maximum absolute atomic E-state index is 12.8. The summed E-state index contributed by atoms with van der Waals surface area (Å²) in [5.74, 6) is 0.461. The van der Waals surface area contributed by atoms with Crippen LogP contribution in [0.25, 0.3) is 0 Å². The van der Waals surface area contributed by atoms with Crippen molar-refractivity contribution < 1.29 is 8.57 Å². The average Bonchev–Trinajstić information content (AvgIpc) is 1.78. The van der Waals surface area contributed by atoms with Crippen molar-refractivity contribution in [3.63, 3.8) is 0 Å². The number of hydrogen-bond donors (Lipinski definition) is 0. The Morgan fingerprint density at radius 3 is 2.70 bits per heavy atom. The molecule has 0 spiro atoms. The molecule has 0 saturated heterocycles. The second kappa shape index (κ2) is 3.09. The lowest BCUT2D eigenvalue weighted by Crippen LogP contribution is -2.38. The molecular weight excluding hydrogens is 151 g/mol. The van der Waals surface area contributed by atoms with E-state index in [2.05, 4.69) is 0 Å². The van der Waals surface area contributed by atoms with Gasteiger partial charge >= 0.3 is 0 Å². The highest BCUT2D eigenvalue weighted by Crippen LogP contribution is 2.40. The Morgan fingerprint density at radius 2 is 2.30 bits per heavy atom. The third-order valence-corrected chi connectivity index (χ3v) is 2.22. The predicted octanol–water partition coefficient (Wildman–Crippen LogP) is 2.42. The second-order valence-corrected chi connectivity index (χ2v) is 3.71. The molecule has 0 aliphatic heterocycles. The summed E-state index contributed by atoms with van der Waals surface area (Å²) in [7, 11) is 0. The van der Waals surface area contributed by atoms with Crippen LogP contribution >= 0.6 is 12.0 Å². The second-order valence-electron chi connectivity index (χ2n) is 3.14. The summed E-state index contributed by atoms with van der Waals surface area (Å²) in [6.45, 7) is 2.36. The number of rotatable bonds is 3. The Bertz CT molecular complexity index is 108. The molecule has 0 radical (unpaired) electrons. The summed E-state index contributed by atoms with van der Waals surface area (Å²) in [5, 5.41) is 0. The highest BCUT2D eigenvalue weighted by Gasteiger charge is 2.40. The van der Waals surface area contributed by atoms with Crippen LogP contribution in [-0.4, -0.2) is 18.5 Å².